The SMILES string of the molecule is Cc1ccccc1-c1cnc(CNC2CC2)[nH]1. The highest BCUT2D eigenvalue weighted by Crippen LogP contribution is 2.22. The van der Waals surface area contributed by atoms with Gasteiger partial charge in [-0.15, -0.1) is 0 Å². The fourth-order valence-corrected chi connectivity index (χ4v) is 1.99. The number of hydrogen-bond donors (Lipinski definition) is 2. The van der Waals surface area contributed by atoms with Crippen LogP contribution in [-0.4, -0.2) is 16.0 Å². The van der Waals surface area contributed by atoms with E-state index in [1.807, 2.05) is 6.20 Å². The first-order chi connectivity index (χ1) is 8.33. The van der Waals surface area contributed by atoms with Gasteiger partial charge in [-0.05, 0) is 25.3 Å². The van der Waals surface area contributed by atoms with Crippen molar-refractivity contribution in [2.24, 2.45) is 0 Å². The van der Waals surface area contributed by atoms with E-state index >= 15 is 0 Å². The lowest BCUT2D eigenvalue weighted by Gasteiger charge is -2.02. The average Bonchev–Trinajstić information content (AvgIpc) is 3.06. The van der Waals surface area contributed by atoms with Crippen molar-refractivity contribution in [1.29, 1.82) is 0 Å². The van der Waals surface area contributed by atoms with Crippen LogP contribution in [0, 0.1) is 6.92 Å². The Kier molecular flexibility index (Phi) is 2.69. The Morgan fingerprint density at radius 2 is 2.18 bits per heavy atom. The van der Waals surface area contributed by atoms with Crippen LogP contribution >= 0.6 is 0 Å². The summed E-state index contributed by atoms with van der Waals surface area (Å²) in [4.78, 5) is 7.80. The summed E-state index contributed by atoms with van der Waals surface area (Å²) in [6.45, 7) is 2.97. The van der Waals surface area contributed by atoms with Crippen LogP contribution < -0.4 is 5.32 Å². The van der Waals surface area contributed by atoms with Crippen LogP contribution in [0.15, 0.2) is 30.5 Å². The van der Waals surface area contributed by atoms with E-state index in [9.17, 15) is 0 Å². The van der Waals surface area contributed by atoms with Crippen LogP contribution in [0.1, 0.15) is 24.2 Å². The smallest absolute Gasteiger partial charge is 0.120 e. The number of aromatic nitrogens is 2. The molecule has 0 atom stereocenters. The largest absolute Gasteiger partial charge is 0.341 e. The minimum Gasteiger partial charge on any atom is -0.341 e. The van der Waals surface area contributed by atoms with Gasteiger partial charge in [-0.1, -0.05) is 24.3 Å². The van der Waals surface area contributed by atoms with Crippen molar-refractivity contribution in [2.45, 2.75) is 32.4 Å². The van der Waals surface area contributed by atoms with Crippen molar-refractivity contribution < 1.29 is 0 Å². The second-order valence-corrected chi connectivity index (χ2v) is 4.71. The number of hydrogen-bond acceptors (Lipinski definition) is 2. The number of nitrogens with zero attached hydrogens (tertiary/aromatic N) is 1. The lowest BCUT2D eigenvalue weighted by atomic mass is 10.1. The Balaban J connectivity index is 1.77. The van der Waals surface area contributed by atoms with Gasteiger partial charge < -0.3 is 10.3 Å². The summed E-state index contributed by atoms with van der Waals surface area (Å²) >= 11 is 0. The van der Waals surface area contributed by atoms with Gasteiger partial charge in [-0.3, -0.25) is 0 Å². The van der Waals surface area contributed by atoms with Crippen LogP contribution in [-0.2, 0) is 6.54 Å². The summed E-state index contributed by atoms with van der Waals surface area (Å²) in [6.07, 6.45) is 4.54. The molecule has 0 unspecified atom stereocenters. The standard InChI is InChI=1S/C14H17N3/c1-10-4-2-3-5-12(10)13-8-16-14(17-13)9-15-11-6-7-11/h2-5,8,11,15H,6-7,9H2,1H3,(H,16,17). The maximum atomic E-state index is 4.42. The molecule has 0 radical (unpaired) electrons. The van der Waals surface area contributed by atoms with Crippen molar-refractivity contribution >= 4 is 0 Å². The predicted molar refractivity (Wildman–Crippen MR) is 68.6 cm³/mol. The highest BCUT2D eigenvalue weighted by molar-refractivity contribution is 5.62. The first-order valence-corrected chi connectivity index (χ1v) is 6.16. The number of rotatable bonds is 4. The van der Waals surface area contributed by atoms with Gasteiger partial charge in [0.05, 0.1) is 18.4 Å². The minimum atomic E-state index is 0.724. The first-order valence-electron chi connectivity index (χ1n) is 6.16. The monoisotopic (exact) mass is 227 g/mol. The Bertz CT molecular complexity index is 512. The van der Waals surface area contributed by atoms with Gasteiger partial charge in [-0.25, -0.2) is 4.98 Å². The van der Waals surface area contributed by atoms with Gasteiger partial charge in [-0.2, -0.15) is 0 Å². The summed E-state index contributed by atoms with van der Waals surface area (Å²) in [6, 6.07) is 9.09. The Morgan fingerprint density at radius 3 is 2.94 bits per heavy atom. The molecule has 3 rings (SSSR count). The normalized spacial score (nSPS) is 15.1. The Morgan fingerprint density at radius 1 is 1.35 bits per heavy atom. The van der Waals surface area contributed by atoms with Gasteiger partial charge in [0, 0.05) is 11.6 Å². The van der Waals surface area contributed by atoms with E-state index in [1.165, 1.54) is 24.0 Å². The molecule has 0 spiro atoms. The number of benzene rings is 1. The van der Waals surface area contributed by atoms with E-state index < -0.39 is 0 Å². The molecule has 2 N–H and O–H groups in total. The summed E-state index contributed by atoms with van der Waals surface area (Å²) in [7, 11) is 0. The quantitative estimate of drug-likeness (QED) is 0.843. The van der Waals surface area contributed by atoms with Crippen LogP contribution in [0.2, 0.25) is 0 Å². The summed E-state index contributed by atoms with van der Waals surface area (Å²) in [5.74, 6) is 1.02. The fourth-order valence-electron chi connectivity index (χ4n) is 1.99. The number of imidazole rings is 1. The molecule has 0 aliphatic heterocycles. The molecule has 0 bridgehead atoms. The fraction of sp³-hybridized carbons (Fsp3) is 0.357. The van der Waals surface area contributed by atoms with Gasteiger partial charge >= 0.3 is 0 Å². The van der Waals surface area contributed by atoms with E-state index in [1.54, 1.807) is 0 Å². The second-order valence-electron chi connectivity index (χ2n) is 4.71. The molecule has 17 heavy (non-hydrogen) atoms. The predicted octanol–water partition coefficient (Wildman–Crippen LogP) is 2.64. The molecule has 1 saturated carbocycles. The van der Waals surface area contributed by atoms with E-state index in [-0.39, 0.29) is 0 Å². The summed E-state index contributed by atoms with van der Waals surface area (Å²) < 4.78 is 0. The molecule has 1 aliphatic rings. The summed E-state index contributed by atoms with van der Waals surface area (Å²) in [5.41, 5.74) is 3.62. The van der Waals surface area contributed by atoms with E-state index in [0.717, 1.165) is 24.1 Å². The van der Waals surface area contributed by atoms with Crippen LogP contribution in [0.3, 0.4) is 0 Å². The third-order valence-corrected chi connectivity index (χ3v) is 3.20. The maximum Gasteiger partial charge on any atom is 0.120 e. The Hall–Kier alpha value is -1.61. The average molecular weight is 227 g/mol. The van der Waals surface area contributed by atoms with Crippen molar-refractivity contribution in [3.05, 3.63) is 41.9 Å². The summed E-state index contributed by atoms with van der Waals surface area (Å²) in [5, 5.41) is 3.46. The van der Waals surface area contributed by atoms with Crippen LogP contribution in [0.25, 0.3) is 11.3 Å². The molecular formula is C14H17N3. The maximum absolute atomic E-state index is 4.42. The van der Waals surface area contributed by atoms with E-state index in [0.29, 0.717) is 0 Å². The van der Waals surface area contributed by atoms with Gasteiger partial charge in [0.1, 0.15) is 5.82 Å². The lowest BCUT2D eigenvalue weighted by molar-refractivity contribution is 0.664. The first kappa shape index (κ1) is 10.5. The number of aromatic amines is 1. The number of H-pyrrole nitrogens is 1. The van der Waals surface area contributed by atoms with E-state index in [4.69, 9.17) is 0 Å². The topological polar surface area (TPSA) is 40.7 Å². The zero-order chi connectivity index (χ0) is 11.7. The number of aryl methyl sites for hydroxylation is 1. The zero-order valence-corrected chi connectivity index (χ0v) is 10.0. The second kappa shape index (κ2) is 4.34. The van der Waals surface area contributed by atoms with Gasteiger partial charge in [0.25, 0.3) is 0 Å². The molecule has 1 aliphatic carbocycles. The highest BCUT2D eigenvalue weighted by Gasteiger charge is 2.20. The molecule has 88 valence electrons. The number of nitrogens with one attached hydrogen (secondary N) is 2. The van der Waals surface area contributed by atoms with Crippen molar-refractivity contribution in [1.82, 2.24) is 15.3 Å². The third kappa shape index (κ3) is 2.39. The molecule has 3 nitrogen and oxygen atoms in total. The Labute approximate surface area is 101 Å². The lowest BCUT2D eigenvalue weighted by Crippen LogP contribution is -2.16. The zero-order valence-electron chi connectivity index (χ0n) is 10.0. The van der Waals surface area contributed by atoms with Crippen molar-refractivity contribution in [3.8, 4) is 11.3 Å². The van der Waals surface area contributed by atoms with Crippen molar-refractivity contribution in [3.63, 3.8) is 0 Å². The van der Waals surface area contributed by atoms with Gasteiger partial charge in [0.2, 0.25) is 0 Å². The van der Waals surface area contributed by atoms with E-state index in [2.05, 4.69) is 46.5 Å². The van der Waals surface area contributed by atoms with Crippen molar-refractivity contribution in [2.75, 3.05) is 0 Å². The minimum absolute atomic E-state index is 0.724. The molecule has 3 heteroatoms. The third-order valence-electron chi connectivity index (χ3n) is 3.20. The molecular weight excluding hydrogens is 210 g/mol. The molecule has 2 aromatic rings. The van der Waals surface area contributed by atoms with Crippen LogP contribution in [0.4, 0.5) is 0 Å². The molecule has 1 heterocycles. The molecule has 0 amide bonds. The molecule has 1 aromatic carbocycles. The molecule has 0 saturated heterocycles. The van der Waals surface area contributed by atoms with Crippen LogP contribution in [0.5, 0.6) is 0 Å². The molecule has 1 aromatic heterocycles. The molecule has 1 fully saturated rings. The highest BCUT2D eigenvalue weighted by atomic mass is 15.0. The van der Waals surface area contributed by atoms with Gasteiger partial charge in [0.15, 0.2) is 0 Å².